The molecule has 1 aliphatic rings. The zero-order valence-electron chi connectivity index (χ0n) is 21.6. The highest BCUT2D eigenvalue weighted by Gasteiger charge is 2.20. The fraction of sp³-hybridized carbons (Fsp3) is 0.357. The number of benzene rings is 2. The average Bonchev–Trinajstić information content (AvgIpc) is 3.34. The molecule has 4 aromatic rings. The maximum absolute atomic E-state index is 13.0. The molecule has 4 N–H and O–H groups in total. The molecule has 0 radical (unpaired) electrons. The fourth-order valence-electron chi connectivity index (χ4n) is 5.05. The Balaban J connectivity index is 1.41. The Morgan fingerprint density at radius 1 is 1.18 bits per heavy atom. The second-order valence-electron chi connectivity index (χ2n) is 9.55. The van der Waals surface area contributed by atoms with Crippen LogP contribution in [0, 0.1) is 6.92 Å². The Morgan fingerprint density at radius 2 is 2.00 bits per heavy atom. The largest absolute Gasteiger partial charge is 0.395 e. The number of anilines is 2. The van der Waals surface area contributed by atoms with Gasteiger partial charge in [0.05, 0.1) is 29.4 Å². The lowest BCUT2D eigenvalue weighted by Gasteiger charge is -2.35. The summed E-state index contributed by atoms with van der Waals surface area (Å²) < 4.78 is 5.69. The number of H-pyrrole nitrogens is 2. The van der Waals surface area contributed by atoms with E-state index in [1.165, 1.54) is 0 Å². The van der Waals surface area contributed by atoms with Crippen molar-refractivity contribution >= 4 is 34.0 Å². The maximum Gasteiger partial charge on any atom is 0.261 e. The summed E-state index contributed by atoms with van der Waals surface area (Å²) in [6, 6.07) is 13.6. The van der Waals surface area contributed by atoms with Crippen LogP contribution in [0.25, 0.3) is 22.4 Å². The Morgan fingerprint density at radius 3 is 2.74 bits per heavy atom. The molecule has 9 nitrogen and oxygen atoms in total. The van der Waals surface area contributed by atoms with E-state index < -0.39 is 0 Å². The van der Waals surface area contributed by atoms with Crippen LogP contribution in [0.5, 0.6) is 0 Å². The van der Waals surface area contributed by atoms with E-state index in [1.54, 1.807) is 13.3 Å². The third-order valence-electron chi connectivity index (χ3n) is 7.10. The minimum Gasteiger partial charge on any atom is -0.395 e. The highest BCUT2D eigenvalue weighted by atomic mass is 35.5. The van der Waals surface area contributed by atoms with Gasteiger partial charge in [-0.2, -0.15) is 0 Å². The predicted molar refractivity (Wildman–Crippen MR) is 152 cm³/mol. The van der Waals surface area contributed by atoms with Crippen molar-refractivity contribution in [3.05, 3.63) is 75.2 Å². The average molecular weight is 537 g/mol. The van der Waals surface area contributed by atoms with Gasteiger partial charge in [0.15, 0.2) is 0 Å². The van der Waals surface area contributed by atoms with Crippen molar-refractivity contribution in [2.24, 2.45) is 0 Å². The van der Waals surface area contributed by atoms with E-state index in [1.807, 2.05) is 37.3 Å². The van der Waals surface area contributed by atoms with Crippen LogP contribution < -0.4 is 15.8 Å². The molecule has 0 saturated carbocycles. The number of fused-ring (bicyclic) bond motifs is 1. The number of β-amino-alcohol motifs (C(OH)–C–C–N with tert-alkyl or cyclic N) is 1. The van der Waals surface area contributed by atoms with Crippen molar-refractivity contribution in [1.82, 2.24) is 19.9 Å². The van der Waals surface area contributed by atoms with E-state index in [0.29, 0.717) is 35.2 Å². The molecule has 0 amide bonds. The van der Waals surface area contributed by atoms with Crippen LogP contribution in [-0.4, -0.2) is 77.9 Å². The van der Waals surface area contributed by atoms with Crippen molar-refractivity contribution < 1.29 is 9.84 Å². The van der Waals surface area contributed by atoms with Gasteiger partial charge in [-0.15, -0.1) is 0 Å². The van der Waals surface area contributed by atoms with Gasteiger partial charge in [-0.3, -0.25) is 9.69 Å². The van der Waals surface area contributed by atoms with Crippen molar-refractivity contribution in [3.8, 4) is 11.4 Å². The molecule has 2 aromatic heterocycles. The van der Waals surface area contributed by atoms with Gasteiger partial charge in [0, 0.05) is 63.3 Å². The molecule has 0 unspecified atom stereocenters. The first-order chi connectivity index (χ1) is 18.5. The number of pyridine rings is 1. The molecule has 1 saturated heterocycles. The molecule has 0 spiro atoms. The summed E-state index contributed by atoms with van der Waals surface area (Å²) in [5, 5.41) is 13.2. The van der Waals surface area contributed by atoms with Gasteiger partial charge in [0.1, 0.15) is 11.4 Å². The molecule has 1 fully saturated rings. The highest BCUT2D eigenvalue weighted by Crippen LogP contribution is 2.30. The van der Waals surface area contributed by atoms with E-state index in [2.05, 4.69) is 37.2 Å². The fourth-order valence-corrected chi connectivity index (χ4v) is 5.25. The van der Waals surface area contributed by atoms with E-state index in [9.17, 15) is 9.90 Å². The molecule has 3 heterocycles. The number of aliphatic hydroxyl groups is 1. The molecule has 2 aromatic carbocycles. The minimum atomic E-state index is -0.251. The van der Waals surface area contributed by atoms with Gasteiger partial charge >= 0.3 is 0 Å². The highest BCUT2D eigenvalue weighted by molar-refractivity contribution is 6.30. The van der Waals surface area contributed by atoms with E-state index in [-0.39, 0.29) is 18.3 Å². The lowest BCUT2D eigenvalue weighted by Crippen LogP contribution is -2.47. The van der Waals surface area contributed by atoms with Crippen LogP contribution in [0.3, 0.4) is 0 Å². The minimum absolute atomic E-state index is 0.185. The third-order valence-corrected chi connectivity index (χ3v) is 7.33. The zero-order valence-corrected chi connectivity index (χ0v) is 22.4. The topological polar surface area (TPSA) is 110 Å². The van der Waals surface area contributed by atoms with E-state index in [0.717, 1.165) is 54.0 Å². The van der Waals surface area contributed by atoms with Crippen LogP contribution in [-0.2, 0) is 4.74 Å². The number of nitrogens with zero attached hydrogens (tertiary/aromatic N) is 3. The summed E-state index contributed by atoms with van der Waals surface area (Å²) in [4.78, 5) is 28.6. The Labute approximate surface area is 226 Å². The second kappa shape index (κ2) is 11.6. The smallest absolute Gasteiger partial charge is 0.261 e. The van der Waals surface area contributed by atoms with Crippen molar-refractivity contribution in [2.75, 3.05) is 63.2 Å². The van der Waals surface area contributed by atoms with Crippen LogP contribution in [0.15, 0.2) is 53.5 Å². The number of aromatic amines is 2. The number of nitrogens with one attached hydrogen (secondary N) is 3. The SMILES string of the molecule is CO[C@H](CNc1cc[nH]c(=O)c1-c1nc2c(C)cc(N3CCN(CCO)CC3)cc2[nH]1)c1cccc(Cl)c1. The quantitative estimate of drug-likeness (QED) is 0.258. The number of imidazole rings is 1. The summed E-state index contributed by atoms with van der Waals surface area (Å²) in [5.74, 6) is 0.508. The van der Waals surface area contributed by atoms with Gasteiger partial charge in [0.25, 0.3) is 5.56 Å². The van der Waals surface area contributed by atoms with Crippen molar-refractivity contribution in [2.45, 2.75) is 13.0 Å². The summed E-state index contributed by atoms with van der Waals surface area (Å²) in [7, 11) is 1.65. The Hall–Kier alpha value is -3.37. The molecule has 1 aliphatic heterocycles. The van der Waals surface area contributed by atoms with Crippen LogP contribution in [0.4, 0.5) is 11.4 Å². The predicted octanol–water partition coefficient (Wildman–Crippen LogP) is 3.79. The van der Waals surface area contributed by atoms with Crippen molar-refractivity contribution in [1.29, 1.82) is 0 Å². The number of methoxy groups -OCH3 is 1. The molecule has 10 heteroatoms. The Bertz CT molecular complexity index is 1460. The lowest BCUT2D eigenvalue weighted by molar-refractivity contribution is 0.114. The molecule has 5 rings (SSSR count). The second-order valence-corrected chi connectivity index (χ2v) is 9.99. The summed E-state index contributed by atoms with van der Waals surface area (Å²) in [6.07, 6.45) is 1.37. The lowest BCUT2D eigenvalue weighted by atomic mass is 10.1. The number of piperazine rings is 1. The molecule has 38 heavy (non-hydrogen) atoms. The van der Waals surface area contributed by atoms with Gasteiger partial charge in [0.2, 0.25) is 0 Å². The van der Waals surface area contributed by atoms with Crippen LogP contribution in [0.1, 0.15) is 17.2 Å². The maximum atomic E-state index is 13.0. The molecule has 0 bridgehead atoms. The first kappa shape index (κ1) is 26.2. The molecule has 0 aliphatic carbocycles. The summed E-state index contributed by atoms with van der Waals surface area (Å²) in [6.45, 7) is 7.00. The monoisotopic (exact) mass is 536 g/mol. The molecular formula is C28H33ClN6O3. The molecular weight excluding hydrogens is 504 g/mol. The van der Waals surface area contributed by atoms with Crippen LogP contribution in [0.2, 0.25) is 5.02 Å². The van der Waals surface area contributed by atoms with E-state index in [4.69, 9.17) is 21.3 Å². The van der Waals surface area contributed by atoms with Gasteiger partial charge < -0.3 is 30.0 Å². The number of hydrogen-bond acceptors (Lipinski definition) is 7. The number of rotatable bonds is 9. The first-order valence-electron chi connectivity index (χ1n) is 12.8. The molecule has 1 atom stereocenters. The third kappa shape index (κ3) is 5.56. The van der Waals surface area contributed by atoms with Gasteiger partial charge in [-0.05, 0) is 48.4 Å². The van der Waals surface area contributed by atoms with Gasteiger partial charge in [-0.25, -0.2) is 4.98 Å². The number of hydrogen-bond donors (Lipinski definition) is 4. The molecule has 200 valence electrons. The Kier molecular flexibility index (Phi) is 7.99. The first-order valence-corrected chi connectivity index (χ1v) is 13.2. The number of ether oxygens (including phenoxy) is 1. The van der Waals surface area contributed by atoms with Crippen LogP contribution >= 0.6 is 11.6 Å². The zero-order chi connectivity index (χ0) is 26.6. The number of aliphatic hydroxyl groups excluding tert-OH is 1. The van der Waals surface area contributed by atoms with Crippen molar-refractivity contribution in [3.63, 3.8) is 0 Å². The summed E-state index contributed by atoms with van der Waals surface area (Å²) >= 11 is 6.17. The van der Waals surface area contributed by atoms with Gasteiger partial charge in [-0.1, -0.05) is 23.7 Å². The standard InChI is InChI=1S/C28H33ClN6O3/c1-18-14-21(35-10-8-34(9-11-35)12-13-36)16-23-26(18)33-27(32-23)25-22(6-7-30-28(25)37)31-17-24(38-2)19-4-3-5-20(29)15-19/h3-7,14-16,24,36H,8-13,17H2,1-2H3,(H,32,33)(H2,30,31,37)/t24-/m1/s1. The van der Waals surface area contributed by atoms with E-state index >= 15 is 0 Å². The normalized spacial score (nSPS) is 15.2. The summed E-state index contributed by atoms with van der Waals surface area (Å²) in [5.41, 5.74) is 5.71. The number of aromatic nitrogens is 3. The number of halogens is 1. The number of aryl methyl sites for hydroxylation is 1.